The molecule has 2 rings (SSSR count). The second-order valence-corrected chi connectivity index (χ2v) is 9.70. The first-order chi connectivity index (χ1) is 14.7. The van der Waals surface area contributed by atoms with Crippen molar-refractivity contribution < 1.29 is 33.4 Å². The molecule has 0 unspecified atom stereocenters. The van der Waals surface area contributed by atoms with E-state index >= 15 is 0 Å². The molecule has 0 bridgehead atoms. The normalized spacial score (nSPS) is 16.4. The van der Waals surface area contributed by atoms with E-state index in [0.717, 1.165) is 0 Å². The summed E-state index contributed by atoms with van der Waals surface area (Å²) in [5.74, 6) is -0.689. The molecule has 10 heteroatoms. The van der Waals surface area contributed by atoms with Crippen LogP contribution in [-0.4, -0.2) is 84.3 Å². The van der Waals surface area contributed by atoms with Crippen LogP contribution in [0.15, 0.2) is 0 Å². The minimum atomic E-state index is -0.511. The molecule has 0 N–H and O–H groups in total. The highest BCUT2D eigenvalue weighted by atomic mass is 16.6. The Labute approximate surface area is 190 Å². The Bertz CT molecular complexity index is 734. The summed E-state index contributed by atoms with van der Waals surface area (Å²) in [6.45, 7) is 21.0. The fourth-order valence-corrected chi connectivity index (χ4v) is 2.73. The smallest absolute Gasteiger partial charge is 0.410 e. The number of carbonyl (C=O) groups is 4. The highest BCUT2D eigenvalue weighted by Gasteiger charge is 2.39. The molecule has 0 aliphatic carbocycles. The Hall–Kier alpha value is -2.83. The van der Waals surface area contributed by atoms with Crippen LogP contribution in [0.3, 0.4) is 0 Å². The number of carbonyl (C=O) groups excluding carboxylic acids is 4. The van der Waals surface area contributed by atoms with Crippen molar-refractivity contribution in [2.24, 2.45) is 11.8 Å². The number of amides is 2. The van der Waals surface area contributed by atoms with Crippen molar-refractivity contribution in [2.45, 2.75) is 59.7 Å². The zero-order valence-corrected chi connectivity index (χ0v) is 20.1. The molecule has 2 aliphatic rings. The van der Waals surface area contributed by atoms with Crippen LogP contribution < -0.4 is 0 Å². The first kappa shape index (κ1) is 27.2. The number of Topliss-reactive ketones (excluding diaryl/α,β-unsaturated/α-hetero) is 1. The van der Waals surface area contributed by atoms with Crippen LogP contribution in [0.25, 0.3) is 4.85 Å². The van der Waals surface area contributed by atoms with E-state index in [2.05, 4.69) is 4.85 Å². The van der Waals surface area contributed by atoms with Crippen LogP contribution in [0.2, 0.25) is 0 Å². The van der Waals surface area contributed by atoms with Crippen molar-refractivity contribution in [1.82, 2.24) is 9.80 Å². The van der Waals surface area contributed by atoms with Gasteiger partial charge in [-0.1, -0.05) is 0 Å². The maximum Gasteiger partial charge on any atom is 0.410 e. The molecule has 0 atom stereocenters. The van der Waals surface area contributed by atoms with E-state index in [1.165, 1.54) is 9.80 Å². The number of hydrogen-bond acceptors (Lipinski definition) is 7. The van der Waals surface area contributed by atoms with Gasteiger partial charge in [0, 0.05) is 26.2 Å². The predicted octanol–water partition coefficient (Wildman–Crippen LogP) is 2.76. The van der Waals surface area contributed by atoms with Crippen LogP contribution in [0, 0.1) is 18.4 Å². The Morgan fingerprint density at radius 2 is 1.25 bits per heavy atom. The van der Waals surface area contributed by atoms with Crippen LogP contribution in [-0.2, 0) is 23.8 Å². The lowest BCUT2D eigenvalue weighted by Crippen LogP contribution is -2.54. The Morgan fingerprint density at radius 1 is 0.844 bits per heavy atom. The summed E-state index contributed by atoms with van der Waals surface area (Å²) in [6, 6.07) is 0. The van der Waals surface area contributed by atoms with Gasteiger partial charge in [-0.05, 0) is 48.5 Å². The molecular formula is C22H35N3O7. The van der Waals surface area contributed by atoms with Gasteiger partial charge in [-0.2, -0.15) is 0 Å². The Kier molecular flexibility index (Phi) is 9.49. The average molecular weight is 454 g/mol. The summed E-state index contributed by atoms with van der Waals surface area (Å²) in [5.41, 5.74) is -1.01. The molecule has 10 nitrogen and oxygen atoms in total. The molecule has 0 radical (unpaired) electrons. The third-order valence-corrected chi connectivity index (χ3v) is 4.38. The highest BCUT2D eigenvalue weighted by Crippen LogP contribution is 2.21. The number of likely N-dealkylation sites (tertiary alicyclic amines) is 2. The van der Waals surface area contributed by atoms with Gasteiger partial charge in [0.2, 0.25) is 5.78 Å². The summed E-state index contributed by atoms with van der Waals surface area (Å²) in [5, 5.41) is 0. The third kappa shape index (κ3) is 9.12. The van der Waals surface area contributed by atoms with Crippen molar-refractivity contribution in [2.75, 3.05) is 39.3 Å². The van der Waals surface area contributed by atoms with Crippen molar-refractivity contribution >= 4 is 23.9 Å². The number of esters is 1. The quantitative estimate of drug-likeness (QED) is 0.366. The van der Waals surface area contributed by atoms with Crippen molar-refractivity contribution in [3.63, 3.8) is 0 Å². The van der Waals surface area contributed by atoms with Crippen molar-refractivity contribution in [1.29, 1.82) is 0 Å². The van der Waals surface area contributed by atoms with E-state index in [0.29, 0.717) is 32.8 Å². The molecule has 2 aliphatic heterocycles. The zero-order chi connectivity index (χ0) is 24.7. The Balaban J connectivity index is 0.000000320. The zero-order valence-electron chi connectivity index (χ0n) is 20.1. The summed E-state index contributed by atoms with van der Waals surface area (Å²) < 4.78 is 15.2. The molecule has 2 fully saturated rings. The van der Waals surface area contributed by atoms with Crippen LogP contribution in [0.4, 0.5) is 9.59 Å². The van der Waals surface area contributed by atoms with Gasteiger partial charge < -0.3 is 28.9 Å². The molecule has 0 aromatic carbocycles. The molecule has 2 heterocycles. The minimum absolute atomic E-state index is 0.0881. The second-order valence-electron chi connectivity index (χ2n) is 9.70. The van der Waals surface area contributed by atoms with Gasteiger partial charge in [-0.25, -0.2) is 16.2 Å². The lowest BCUT2D eigenvalue weighted by atomic mass is 9.96. The van der Waals surface area contributed by atoms with E-state index in [-0.39, 0.29) is 42.3 Å². The SMILES string of the molecule is CCOC(=O)C1CN(C(=O)OC(C)(C)C)C1.[C-]#[N+]CC(=O)C1CN(C(=O)OC(C)(C)C)C1. The van der Waals surface area contributed by atoms with Gasteiger partial charge in [-0.3, -0.25) is 9.59 Å². The van der Waals surface area contributed by atoms with Crippen LogP contribution in [0.1, 0.15) is 48.5 Å². The van der Waals surface area contributed by atoms with E-state index in [1.54, 1.807) is 27.7 Å². The van der Waals surface area contributed by atoms with Gasteiger partial charge in [0.25, 0.3) is 6.54 Å². The summed E-state index contributed by atoms with van der Waals surface area (Å²) in [7, 11) is 0. The summed E-state index contributed by atoms with van der Waals surface area (Å²) in [6.07, 6.45) is -0.757. The number of nitrogens with zero attached hydrogens (tertiary/aromatic N) is 3. The van der Waals surface area contributed by atoms with Crippen LogP contribution in [0.5, 0.6) is 0 Å². The molecule has 0 saturated carbocycles. The maximum absolute atomic E-state index is 11.5. The standard InChI is InChI=1S/C11H16N2O3.C11H19NO4/c1-11(2,3)16-10(15)13-6-8(7-13)9(14)5-12-4;1-5-15-9(13)8-6-12(7-8)10(14)16-11(2,3)4/h8H,5-7H2,1-3H3;8H,5-7H2,1-4H3. The molecule has 0 aromatic heterocycles. The number of ketones is 1. The second kappa shape index (κ2) is 11.2. The molecule has 32 heavy (non-hydrogen) atoms. The molecule has 2 amide bonds. The van der Waals surface area contributed by atoms with Crippen molar-refractivity contribution in [3.05, 3.63) is 11.4 Å². The number of rotatable bonds is 4. The predicted molar refractivity (Wildman–Crippen MR) is 116 cm³/mol. The number of ether oxygens (including phenoxy) is 3. The monoisotopic (exact) mass is 453 g/mol. The Morgan fingerprint density at radius 3 is 1.59 bits per heavy atom. The maximum atomic E-state index is 11.5. The molecule has 2 saturated heterocycles. The van der Waals surface area contributed by atoms with Crippen molar-refractivity contribution in [3.8, 4) is 0 Å². The van der Waals surface area contributed by atoms with Crippen LogP contribution >= 0.6 is 0 Å². The van der Waals surface area contributed by atoms with Gasteiger partial charge >= 0.3 is 18.2 Å². The van der Waals surface area contributed by atoms with E-state index in [9.17, 15) is 19.2 Å². The fourth-order valence-electron chi connectivity index (χ4n) is 2.73. The lowest BCUT2D eigenvalue weighted by molar-refractivity contribution is -0.153. The largest absolute Gasteiger partial charge is 0.466 e. The molecule has 0 aromatic rings. The average Bonchev–Trinajstić information content (AvgIpc) is 2.49. The van der Waals surface area contributed by atoms with Gasteiger partial charge in [0.1, 0.15) is 11.2 Å². The first-order valence-electron chi connectivity index (χ1n) is 10.6. The first-order valence-corrected chi connectivity index (χ1v) is 10.6. The molecule has 180 valence electrons. The minimum Gasteiger partial charge on any atom is -0.466 e. The topological polar surface area (TPSA) is 107 Å². The lowest BCUT2D eigenvalue weighted by Gasteiger charge is -2.38. The molecule has 0 spiro atoms. The van der Waals surface area contributed by atoms with E-state index in [1.807, 2.05) is 20.8 Å². The third-order valence-electron chi connectivity index (χ3n) is 4.38. The summed E-state index contributed by atoms with van der Waals surface area (Å²) >= 11 is 0. The van der Waals surface area contributed by atoms with Gasteiger partial charge in [-0.15, -0.1) is 0 Å². The van der Waals surface area contributed by atoms with Gasteiger partial charge in [0.15, 0.2) is 0 Å². The summed E-state index contributed by atoms with van der Waals surface area (Å²) in [4.78, 5) is 51.6. The van der Waals surface area contributed by atoms with Gasteiger partial charge in [0.05, 0.1) is 18.4 Å². The van der Waals surface area contributed by atoms with E-state index in [4.69, 9.17) is 20.8 Å². The van der Waals surface area contributed by atoms with E-state index < -0.39 is 11.2 Å². The number of hydrogen-bond donors (Lipinski definition) is 0. The molecular weight excluding hydrogens is 418 g/mol. The highest BCUT2D eigenvalue weighted by molar-refractivity contribution is 5.87. The fraction of sp³-hybridized carbons (Fsp3) is 0.773.